The molecular formula is C32H42N2O6. The Balaban J connectivity index is 1.81. The number of benzene rings is 2. The van der Waals surface area contributed by atoms with Gasteiger partial charge in [0.05, 0.1) is 29.2 Å². The molecule has 2 heterocycles. The number of aryl methyl sites for hydroxylation is 1. The number of ether oxygens (including phenoxy) is 1. The van der Waals surface area contributed by atoms with Crippen molar-refractivity contribution in [3.63, 3.8) is 0 Å². The molecule has 2 unspecified atom stereocenters. The molecule has 1 saturated heterocycles. The third kappa shape index (κ3) is 6.34. The van der Waals surface area contributed by atoms with Gasteiger partial charge in [-0.15, -0.1) is 0 Å². The van der Waals surface area contributed by atoms with Gasteiger partial charge in [0, 0.05) is 24.3 Å². The summed E-state index contributed by atoms with van der Waals surface area (Å²) in [5.74, 6) is -0.123. The summed E-state index contributed by atoms with van der Waals surface area (Å²) in [4.78, 5) is 28.8. The van der Waals surface area contributed by atoms with Crippen LogP contribution in [0.3, 0.4) is 0 Å². The van der Waals surface area contributed by atoms with Crippen molar-refractivity contribution in [2.75, 3.05) is 29.9 Å². The molecule has 4 rings (SSSR count). The zero-order valence-electron chi connectivity index (χ0n) is 24.6. The molecule has 1 aliphatic rings. The van der Waals surface area contributed by atoms with Crippen LogP contribution < -0.4 is 15.6 Å². The first-order valence-electron chi connectivity index (χ1n) is 13.9. The molecule has 1 aliphatic heterocycles. The van der Waals surface area contributed by atoms with E-state index in [2.05, 4.69) is 19.2 Å². The van der Waals surface area contributed by atoms with Crippen molar-refractivity contribution in [2.45, 2.75) is 79.1 Å². The lowest BCUT2D eigenvalue weighted by Gasteiger charge is -2.38. The highest BCUT2D eigenvalue weighted by atomic mass is 16.6. The number of aliphatic hydroxyl groups is 2. The summed E-state index contributed by atoms with van der Waals surface area (Å²) in [6, 6.07) is 10.5. The zero-order chi connectivity index (χ0) is 29.4. The second-order valence-corrected chi connectivity index (χ2v) is 12.6. The monoisotopic (exact) mass is 550 g/mol. The molecule has 40 heavy (non-hydrogen) atoms. The van der Waals surface area contributed by atoms with Crippen LogP contribution >= 0.6 is 0 Å². The molecule has 3 N–H and O–H groups in total. The summed E-state index contributed by atoms with van der Waals surface area (Å²) in [7, 11) is 0. The van der Waals surface area contributed by atoms with Crippen molar-refractivity contribution >= 4 is 28.5 Å². The fourth-order valence-electron chi connectivity index (χ4n) is 5.17. The Labute approximate surface area is 236 Å². The van der Waals surface area contributed by atoms with Crippen LogP contribution in [0.4, 0.5) is 11.6 Å². The topological polar surface area (TPSA) is 112 Å². The molecule has 1 aromatic heterocycles. The number of anilines is 2. The molecule has 0 radical (unpaired) electrons. The van der Waals surface area contributed by atoms with Gasteiger partial charge < -0.3 is 29.6 Å². The lowest BCUT2D eigenvalue weighted by atomic mass is 9.82. The Hall–Kier alpha value is -3.36. The van der Waals surface area contributed by atoms with Gasteiger partial charge in [0.15, 0.2) is 0 Å². The minimum atomic E-state index is -1.36. The maximum absolute atomic E-state index is 13.8. The number of aliphatic hydroxyl groups excluding tert-OH is 2. The maximum Gasteiger partial charge on any atom is 0.340 e. The first kappa shape index (κ1) is 29.6. The van der Waals surface area contributed by atoms with Crippen molar-refractivity contribution in [2.24, 2.45) is 5.41 Å². The maximum atomic E-state index is 13.8. The van der Waals surface area contributed by atoms with Gasteiger partial charge in [-0.3, -0.25) is 4.79 Å². The van der Waals surface area contributed by atoms with Gasteiger partial charge >= 0.3 is 5.97 Å². The van der Waals surface area contributed by atoms with Crippen molar-refractivity contribution in [1.29, 1.82) is 0 Å². The molecule has 0 aliphatic carbocycles. The van der Waals surface area contributed by atoms with Gasteiger partial charge in [-0.1, -0.05) is 32.0 Å². The van der Waals surface area contributed by atoms with E-state index in [9.17, 15) is 19.8 Å². The van der Waals surface area contributed by atoms with Crippen LogP contribution in [0.5, 0.6) is 0 Å². The van der Waals surface area contributed by atoms with E-state index in [-0.39, 0.29) is 22.4 Å². The highest BCUT2D eigenvalue weighted by Gasteiger charge is 2.32. The predicted octanol–water partition coefficient (Wildman–Crippen LogP) is 5.88. The Morgan fingerprint density at radius 1 is 1.18 bits per heavy atom. The number of rotatable bonds is 7. The van der Waals surface area contributed by atoms with Crippen LogP contribution in [0.2, 0.25) is 0 Å². The molecule has 216 valence electrons. The Kier molecular flexibility index (Phi) is 8.33. The minimum absolute atomic E-state index is 0.0853. The molecule has 0 saturated carbocycles. The summed E-state index contributed by atoms with van der Waals surface area (Å²) in [6.07, 6.45) is 0.457. The molecule has 3 aromatic rings. The Morgan fingerprint density at radius 2 is 1.82 bits per heavy atom. The van der Waals surface area contributed by atoms with E-state index in [1.807, 2.05) is 57.7 Å². The number of hydrogen-bond acceptors (Lipinski definition) is 8. The number of nitrogens with one attached hydrogen (secondary N) is 1. The first-order chi connectivity index (χ1) is 18.7. The number of carbonyl (C=O) groups is 1. The molecule has 8 heteroatoms. The molecule has 1 fully saturated rings. The average molecular weight is 551 g/mol. The number of carbonyl (C=O) groups excluding carboxylic acids is 1. The molecule has 0 spiro atoms. The van der Waals surface area contributed by atoms with E-state index < -0.39 is 24.3 Å². The van der Waals surface area contributed by atoms with Crippen LogP contribution in [0, 0.1) is 12.3 Å². The molecular weight excluding hydrogens is 508 g/mol. The Bertz CT molecular complexity index is 1440. The lowest BCUT2D eigenvalue weighted by Crippen LogP contribution is -2.39. The molecule has 2 atom stereocenters. The normalized spacial score (nSPS) is 17.0. The SMILES string of the molecule is Cc1cc(C(C)Nc2ccccc2C(=O)OC(C)(C)C)c2oc(N3CCC(C)(C)CC3)c(C(O)CO)c(=O)c2c1. The summed E-state index contributed by atoms with van der Waals surface area (Å²) >= 11 is 0. The summed E-state index contributed by atoms with van der Waals surface area (Å²) < 4.78 is 12.1. The number of esters is 1. The molecule has 2 aromatic carbocycles. The largest absolute Gasteiger partial charge is 0.456 e. The average Bonchev–Trinajstić information content (AvgIpc) is 2.87. The number of piperidine rings is 1. The van der Waals surface area contributed by atoms with E-state index in [0.717, 1.165) is 24.0 Å². The second-order valence-electron chi connectivity index (χ2n) is 12.6. The fourth-order valence-corrected chi connectivity index (χ4v) is 5.17. The fraction of sp³-hybridized carbons (Fsp3) is 0.500. The number of fused-ring (bicyclic) bond motifs is 1. The standard InChI is InChI=1S/C32H42N2O6/c1-19-16-22(20(2)33-24-11-9-8-10-21(24)30(38)40-31(3,4)5)28-23(17-19)27(37)26(25(36)18-35)29(39-28)34-14-12-32(6,7)13-15-34/h8-11,16-17,20,25,33,35-36H,12-15,18H2,1-7H3. The molecule has 0 bridgehead atoms. The van der Waals surface area contributed by atoms with Crippen LogP contribution in [-0.2, 0) is 4.74 Å². The van der Waals surface area contributed by atoms with Gasteiger partial charge in [0.2, 0.25) is 11.3 Å². The van der Waals surface area contributed by atoms with Gasteiger partial charge in [0.25, 0.3) is 0 Å². The summed E-state index contributed by atoms with van der Waals surface area (Å²) in [5, 5.41) is 24.3. The van der Waals surface area contributed by atoms with Crippen LogP contribution in [0.15, 0.2) is 45.6 Å². The summed E-state index contributed by atoms with van der Waals surface area (Å²) in [5.41, 5.74) is 2.29. The minimum Gasteiger partial charge on any atom is -0.456 e. The summed E-state index contributed by atoms with van der Waals surface area (Å²) in [6.45, 7) is 14.5. The predicted molar refractivity (Wildman–Crippen MR) is 158 cm³/mol. The molecule has 0 amide bonds. The van der Waals surface area contributed by atoms with E-state index in [4.69, 9.17) is 9.15 Å². The lowest BCUT2D eigenvalue weighted by molar-refractivity contribution is 0.00706. The highest BCUT2D eigenvalue weighted by Crippen LogP contribution is 2.37. The number of nitrogens with zero attached hydrogens (tertiary/aromatic N) is 1. The van der Waals surface area contributed by atoms with Crippen molar-refractivity contribution in [3.05, 3.63) is 68.9 Å². The van der Waals surface area contributed by atoms with Gasteiger partial charge in [-0.05, 0) is 76.6 Å². The van der Waals surface area contributed by atoms with Crippen molar-refractivity contribution < 1.29 is 24.2 Å². The van der Waals surface area contributed by atoms with E-state index in [0.29, 0.717) is 41.2 Å². The quantitative estimate of drug-likeness (QED) is 0.313. The highest BCUT2D eigenvalue weighted by molar-refractivity contribution is 5.96. The van der Waals surface area contributed by atoms with Crippen molar-refractivity contribution in [3.8, 4) is 0 Å². The molecule has 8 nitrogen and oxygen atoms in total. The van der Waals surface area contributed by atoms with E-state index >= 15 is 0 Å². The van der Waals surface area contributed by atoms with Crippen LogP contribution in [0.1, 0.15) is 93.6 Å². The smallest absolute Gasteiger partial charge is 0.340 e. The van der Waals surface area contributed by atoms with E-state index in [1.165, 1.54) is 0 Å². The zero-order valence-corrected chi connectivity index (χ0v) is 24.6. The van der Waals surface area contributed by atoms with Gasteiger partial charge in [-0.25, -0.2) is 4.79 Å². The van der Waals surface area contributed by atoms with Crippen LogP contribution in [0.25, 0.3) is 11.0 Å². The number of hydrogen-bond donors (Lipinski definition) is 3. The van der Waals surface area contributed by atoms with E-state index in [1.54, 1.807) is 18.2 Å². The first-order valence-corrected chi connectivity index (χ1v) is 13.9. The Morgan fingerprint density at radius 3 is 2.45 bits per heavy atom. The number of para-hydroxylation sites is 1. The third-order valence-corrected chi connectivity index (χ3v) is 7.48. The van der Waals surface area contributed by atoms with Crippen molar-refractivity contribution in [1.82, 2.24) is 0 Å². The van der Waals surface area contributed by atoms with Crippen LogP contribution in [-0.4, -0.2) is 41.5 Å². The second kappa shape index (κ2) is 11.3. The third-order valence-electron chi connectivity index (χ3n) is 7.48. The van der Waals surface area contributed by atoms with Gasteiger partial charge in [-0.2, -0.15) is 0 Å². The van der Waals surface area contributed by atoms with Gasteiger partial charge in [0.1, 0.15) is 17.3 Å².